The molecule has 0 saturated carbocycles. The lowest BCUT2D eigenvalue weighted by atomic mass is 10.2. The molecule has 106 valence electrons. The minimum atomic E-state index is -3.82. The van der Waals surface area contributed by atoms with Crippen molar-refractivity contribution in [2.75, 3.05) is 5.75 Å². The van der Waals surface area contributed by atoms with Gasteiger partial charge in [-0.25, -0.2) is 8.42 Å². The van der Waals surface area contributed by atoms with E-state index in [9.17, 15) is 13.2 Å². The first-order valence-corrected chi connectivity index (χ1v) is 8.87. The highest BCUT2D eigenvalue weighted by molar-refractivity contribution is 7.92. The molecule has 2 aromatic rings. The van der Waals surface area contributed by atoms with Gasteiger partial charge in [0.1, 0.15) is 10.1 Å². The fraction of sp³-hybridized carbons (Fsp3) is 0.0833. The number of benzene rings is 1. The lowest BCUT2D eigenvalue weighted by Crippen LogP contribution is -2.16. The van der Waals surface area contributed by atoms with Crippen molar-refractivity contribution >= 4 is 61.8 Å². The van der Waals surface area contributed by atoms with Crippen LogP contribution in [0, 0.1) is 0 Å². The Labute approximate surface area is 135 Å². The van der Waals surface area contributed by atoms with Crippen LogP contribution in [0.1, 0.15) is 10.4 Å². The van der Waals surface area contributed by atoms with Gasteiger partial charge in [-0.1, -0.05) is 46.9 Å². The zero-order valence-electron chi connectivity index (χ0n) is 9.77. The zero-order chi connectivity index (χ0) is 14.9. The van der Waals surface area contributed by atoms with E-state index in [1.165, 1.54) is 24.3 Å². The third-order valence-electron chi connectivity index (χ3n) is 2.45. The Hall–Kier alpha value is -0.590. The molecule has 0 aliphatic rings. The summed E-state index contributed by atoms with van der Waals surface area (Å²) in [5.74, 6) is -1.32. The zero-order valence-corrected chi connectivity index (χ0v) is 13.7. The first kappa shape index (κ1) is 15.8. The van der Waals surface area contributed by atoms with Crippen molar-refractivity contribution in [3.63, 3.8) is 0 Å². The van der Waals surface area contributed by atoms with Crippen molar-refractivity contribution in [2.45, 2.75) is 4.90 Å². The summed E-state index contributed by atoms with van der Waals surface area (Å²) in [5, 5.41) is 0.0785. The van der Waals surface area contributed by atoms with E-state index in [1.54, 1.807) is 6.07 Å². The van der Waals surface area contributed by atoms with E-state index in [2.05, 4.69) is 0 Å². The number of carbonyl (C=O) groups is 1. The fourth-order valence-electron chi connectivity index (χ4n) is 1.56. The highest BCUT2D eigenvalue weighted by Crippen LogP contribution is 2.32. The second kappa shape index (κ2) is 6.03. The molecule has 8 heteroatoms. The number of hydrogen-bond acceptors (Lipinski definition) is 4. The molecule has 20 heavy (non-hydrogen) atoms. The van der Waals surface area contributed by atoms with E-state index in [0.29, 0.717) is 4.34 Å². The SMILES string of the molecule is O=C(CS(=O)(=O)c1ccccc1Cl)c1cc(Cl)sc1Cl. The maximum atomic E-state index is 12.2. The van der Waals surface area contributed by atoms with Gasteiger partial charge in [-0.3, -0.25) is 4.79 Å². The summed E-state index contributed by atoms with van der Waals surface area (Å²) in [7, 11) is -3.82. The van der Waals surface area contributed by atoms with E-state index >= 15 is 0 Å². The number of ketones is 1. The summed E-state index contributed by atoms with van der Waals surface area (Å²) in [4.78, 5) is 11.9. The van der Waals surface area contributed by atoms with E-state index in [0.717, 1.165) is 11.3 Å². The van der Waals surface area contributed by atoms with Crippen LogP contribution >= 0.6 is 46.1 Å². The van der Waals surface area contributed by atoms with Crippen molar-refractivity contribution < 1.29 is 13.2 Å². The summed E-state index contributed by atoms with van der Waals surface area (Å²) >= 11 is 18.4. The van der Waals surface area contributed by atoms with Crippen molar-refractivity contribution in [3.05, 3.63) is 49.6 Å². The summed E-state index contributed by atoms with van der Waals surface area (Å²) < 4.78 is 24.9. The predicted molar refractivity (Wildman–Crippen MR) is 82.2 cm³/mol. The molecule has 0 saturated heterocycles. The first-order valence-electron chi connectivity index (χ1n) is 5.26. The molecule has 0 fully saturated rings. The predicted octanol–water partition coefficient (Wildman–Crippen LogP) is 4.36. The van der Waals surface area contributed by atoms with Gasteiger partial charge in [0, 0.05) is 5.56 Å². The molecule has 0 N–H and O–H groups in total. The third kappa shape index (κ3) is 3.35. The van der Waals surface area contributed by atoms with Gasteiger partial charge in [-0.15, -0.1) is 11.3 Å². The van der Waals surface area contributed by atoms with E-state index in [-0.39, 0.29) is 19.8 Å². The quantitative estimate of drug-likeness (QED) is 0.752. The molecular formula is C12H7Cl3O3S2. The number of sulfone groups is 1. The molecule has 0 spiro atoms. The van der Waals surface area contributed by atoms with E-state index in [4.69, 9.17) is 34.8 Å². The summed E-state index contributed by atoms with van der Waals surface area (Å²) in [6, 6.07) is 7.32. The maximum Gasteiger partial charge on any atom is 0.187 e. The Morgan fingerprint density at radius 2 is 1.80 bits per heavy atom. The number of hydrogen-bond donors (Lipinski definition) is 0. The Morgan fingerprint density at radius 3 is 2.35 bits per heavy atom. The molecule has 0 unspecified atom stereocenters. The largest absolute Gasteiger partial charge is 0.293 e. The van der Waals surface area contributed by atoms with Crippen LogP contribution in [0.3, 0.4) is 0 Å². The normalized spacial score (nSPS) is 11.6. The lowest BCUT2D eigenvalue weighted by Gasteiger charge is -2.05. The molecular weight excluding hydrogens is 363 g/mol. The van der Waals surface area contributed by atoms with Gasteiger partial charge in [0.25, 0.3) is 0 Å². The van der Waals surface area contributed by atoms with Gasteiger partial charge in [0.05, 0.1) is 14.3 Å². The summed E-state index contributed by atoms with van der Waals surface area (Å²) in [6.07, 6.45) is 0. The first-order chi connectivity index (χ1) is 9.31. The average molecular weight is 370 g/mol. The van der Waals surface area contributed by atoms with Crippen molar-refractivity contribution in [1.82, 2.24) is 0 Å². The van der Waals surface area contributed by atoms with Crippen LogP contribution < -0.4 is 0 Å². The van der Waals surface area contributed by atoms with Crippen molar-refractivity contribution in [3.8, 4) is 0 Å². The monoisotopic (exact) mass is 368 g/mol. The minimum Gasteiger partial charge on any atom is -0.293 e. The van der Waals surface area contributed by atoms with Crippen LogP contribution in [-0.2, 0) is 9.84 Å². The molecule has 0 bridgehead atoms. The van der Waals surface area contributed by atoms with Crippen LogP contribution in [0.15, 0.2) is 35.2 Å². The smallest absolute Gasteiger partial charge is 0.187 e. The van der Waals surface area contributed by atoms with Crippen LogP contribution in [0.2, 0.25) is 13.7 Å². The van der Waals surface area contributed by atoms with Crippen LogP contribution in [0.5, 0.6) is 0 Å². The van der Waals surface area contributed by atoms with Crippen LogP contribution in [-0.4, -0.2) is 20.0 Å². The van der Waals surface area contributed by atoms with Gasteiger partial charge in [0.2, 0.25) is 0 Å². The molecule has 1 aromatic carbocycles. The molecule has 0 atom stereocenters. The molecule has 3 nitrogen and oxygen atoms in total. The molecule has 1 heterocycles. The Kier molecular flexibility index (Phi) is 4.76. The fourth-order valence-corrected chi connectivity index (χ4v) is 4.85. The van der Waals surface area contributed by atoms with Gasteiger partial charge in [0.15, 0.2) is 15.6 Å². The van der Waals surface area contributed by atoms with Gasteiger partial charge < -0.3 is 0 Å². The van der Waals surface area contributed by atoms with E-state index < -0.39 is 21.4 Å². The third-order valence-corrected chi connectivity index (χ3v) is 6.05. The van der Waals surface area contributed by atoms with Gasteiger partial charge >= 0.3 is 0 Å². The second-order valence-electron chi connectivity index (χ2n) is 3.85. The highest BCUT2D eigenvalue weighted by Gasteiger charge is 2.24. The Balaban J connectivity index is 2.32. The van der Waals surface area contributed by atoms with E-state index in [1.807, 2.05) is 0 Å². The number of Topliss-reactive ketones (excluding diaryl/α,β-unsaturated/α-hetero) is 1. The molecule has 0 radical (unpaired) electrons. The Bertz CT molecular complexity index is 766. The van der Waals surface area contributed by atoms with Gasteiger partial charge in [-0.2, -0.15) is 0 Å². The highest BCUT2D eigenvalue weighted by atomic mass is 35.5. The number of carbonyl (C=O) groups excluding carboxylic acids is 1. The summed E-state index contributed by atoms with van der Waals surface area (Å²) in [6.45, 7) is 0. The molecule has 0 aliphatic heterocycles. The molecule has 1 aromatic heterocycles. The number of thiophene rings is 1. The van der Waals surface area contributed by atoms with Crippen LogP contribution in [0.25, 0.3) is 0 Å². The molecule has 0 amide bonds. The molecule has 0 aliphatic carbocycles. The van der Waals surface area contributed by atoms with Crippen molar-refractivity contribution in [1.29, 1.82) is 0 Å². The summed E-state index contributed by atoms with van der Waals surface area (Å²) in [5.41, 5.74) is 0.109. The topological polar surface area (TPSA) is 51.2 Å². The minimum absolute atomic E-state index is 0.0764. The maximum absolute atomic E-state index is 12.2. The standard InChI is InChI=1S/C12H7Cl3O3S2/c13-8-3-1-2-4-10(8)20(17,18)6-9(16)7-5-11(14)19-12(7)15/h1-5H,6H2. The van der Waals surface area contributed by atoms with Gasteiger partial charge in [-0.05, 0) is 18.2 Å². The average Bonchev–Trinajstić information content (AvgIpc) is 2.68. The van der Waals surface area contributed by atoms with Crippen LogP contribution in [0.4, 0.5) is 0 Å². The van der Waals surface area contributed by atoms with Crippen molar-refractivity contribution in [2.24, 2.45) is 0 Å². The number of halogens is 3. The molecule has 2 rings (SSSR count). The number of rotatable bonds is 4. The second-order valence-corrected chi connectivity index (χ2v) is 8.50. The Morgan fingerprint density at radius 1 is 1.15 bits per heavy atom. The lowest BCUT2D eigenvalue weighted by molar-refractivity contribution is 0.102.